The van der Waals surface area contributed by atoms with E-state index in [9.17, 15) is 0 Å². The van der Waals surface area contributed by atoms with Gasteiger partial charge in [-0.05, 0) is 20.8 Å². The monoisotopic (exact) mass is 231 g/mol. The number of hydrogen-bond acceptors (Lipinski definition) is 4. The van der Waals surface area contributed by atoms with Gasteiger partial charge in [0.05, 0.1) is 0 Å². The molecule has 0 aromatic rings. The summed E-state index contributed by atoms with van der Waals surface area (Å²) >= 11 is 5.07. The highest BCUT2D eigenvalue weighted by Gasteiger charge is 1.48. The van der Waals surface area contributed by atoms with E-state index in [2.05, 4.69) is 6.58 Å². The van der Waals surface area contributed by atoms with Crippen LogP contribution in [0.2, 0.25) is 0 Å². The second kappa shape index (κ2) is 76.5. The van der Waals surface area contributed by atoms with E-state index < -0.39 is 0 Å². The smallest absolute Gasteiger partial charge is 0.0402 e. The minimum absolute atomic E-state index is 0. The molecule has 0 saturated heterocycles. The zero-order chi connectivity index (χ0) is 11.5. The molecule has 92 valence electrons. The van der Waals surface area contributed by atoms with Crippen molar-refractivity contribution in [2.24, 2.45) is 0 Å². The van der Waals surface area contributed by atoms with Gasteiger partial charge in [-0.15, -0.1) is 18.2 Å². The standard InChI is InChI=1S/C3H5Cl.3C2H6O.H3N/c1-2-3-4;3*1-2-3;/h2H,1,3H2;3*3H,2H2,1H3;1H3. The molecule has 4 nitrogen and oxygen atoms in total. The molecule has 6 N–H and O–H groups in total. The number of aliphatic hydroxyl groups is 3. The van der Waals surface area contributed by atoms with E-state index in [1.165, 1.54) is 0 Å². The highest BCUT2D eigenvalue weighted by Crippen LogP contribution is 1.67. The average Bonchev–Trinajstić information content (AvgIpc) is 2.08. The minimum Gasteiger partial charge on any atom is -0.397 e. The first-order chi connectivity index (χ1) is 6.16. The number of aliphatic hydroxyl groups excluding tert-OH is 3. The van der Waals surface area contributed by atoms with Crippen LogP contribution in [-0.2, 0) is 0 Å². The molecule has 5 heteroatoms. The van der Waals surface area contributed by atoms with Gasteiger partial charge in [-0.3, -0.25) is 0 Å². The van der Waals surface area contributed by atoms with E-state index in [1.54, 1.807) is 26.8 Å². The number of rotatable bonds is 1. The van der Waals surface area contributed by atoms with Crippen LogP contribution in [0.5, 0.6) is 0 Å². The number of halogens is 1. The van der Waals surface area contributed by atoms with Crippen LogP contribution >= 0.6 is 11.6 Å². The minimum atomic E-state index is 0. The summed E-state index contributed by atoms with van der Waals surface area (Å²) in [6.45, 7) is 9.14. The molecule has 0 radical (unpaired) electrons. The SMILES string of the molecule is C=CCCl.CCO.CCO.CCO.N. The molecule has 0 aliphatic rings. The van der Waals surface area contributed by atoms with E-state index >= 15 is 0 Å². The molecule has 0 aliphatic heterocycles. The maximum Gasteiger partial charge on any atom is 0.0402 e. The predicted molar refractivity (Wildman–Crippen MR) is 64.2 cm³/mol. The Morgan fingerprint density at radius 3 is 1.07 bits per heavy atom. The molecule has 0 aliphatic carbocycles. The van der Waals surface area contributed by atoms with Gasteiger partial charge in [0.2, 0.25) is 0 Å². The van der Waals surface area contributed by atoms with Crippen molar-refractivity contribution in [3.8, 4) is 0 Å². The maximum atomic E-state index is 7.57. The molecule has 0 rings (SSSR count). The van der Waals surface area contributed by atoms with E-state index in [0.29, 0.717) is 5.88 Å². The summed E-state index contributed by atoms with van der Waals surface area (Å²) in [5.74, 6) is 0.556. The second-order valence-corrected chi connectivity index (χ2v) is 1.70. The summed E-state index contributed by atoms with van der Waals surface area (Å²) in [5, 5.41) is 22.7. The lowest BCUT2D eigenvalue weighted by molar-refractivity contribution is 0.318. The molecule has 14 heavy (non-hydrogen) atoms. The van der Waals surface area contributed by atoms with Crippen LogP contribution in [0.25, 0.3) is 0 Å². The maximum absolute atomic E-state index is 7.57. The second-order valence-electron chi connectivity index (χ2n) is 1.39. The van der Waals surface area contributed by atoms with Gasteiger partial charge in [-0.25, -0.2) is 0 Å². The van der Waals surface area contributed by atoms with Crippen molar-refractivity contribution in [1.82, 2.24) is 6.15 Å². The fourth-order valence-corrected chi connectivity index (χ4v) is 0. The van der Waals surface area contributed by atoms with Gasteiger partial charge in [-0.1, -0.05) is 6.08 Å². The average molecular weight is 232 g/mol. The highest BCUT2D eigenvalue weighted by atomic mass is 35.5. The summed E-state index contributed by atoms with van der Waals surface area (Å²) in [7, 11) is 0. The lowest BCUT2D eigenvalue weighted by Crippen LogP contribution is -1.57. The van der Waals surface area contributed by atoms with Crippen LogP contribution in [0.1, 0.15) is 20.8 Å². The quantitative estimate of drug-likeness (QED) is 0.407. The normalized spacial score (nSPS) is 5.64. The molecule has 0 saturated carbocycles. The van der Waals surface area contributed by atoms with Gasteiger partial charge >= 0.3 is 0 Å². The van der Waals surface area contributed by atoms with Crippen LogP contribution in [-0.4, -0.2) is 41.0 Å². The fraction of sp³-hybridized carbons (Fsp3) is 0.778. The van der Waals surface area contributed by atoms with Gasteiger partial charge in [0.25, 0.3) is 0 Å². The molecular weight excluding hydrogens is 206 g/mol. The Morgan fingerprint density at radius 2 is 1.07 bits per heavy atom. The summed E-state index contributed by atoms with van der Waals surface area (Å²) in [6, 6.07) is 0. The molecular formula is C9H26ClNO3. The summed E-state index contributed by atoms with van der Waals surface area (Å²) < 4.78 is 0. The van der Waals surface area contributed by atoms with Gasteiger partial charge < -0.3 is 21.5 Å². The zero-order valence-electron chi connectivity index (χ0n) is 9.54. The number of hydrogen-bond donors (Lipinski definition) is 4. The molecule has 0 fully saturated rings. The summed E-state index contributed by atoms with van der Waals surface area (Å²) in [5.41, 5.74) is 0. The topological polar surface area (TPSA) is 95.7 Å². The van der Waals surface area contributed by atoms with E-state index in [0.717, 1.165) is 0 Å². The summed E-state index contributed by atoms with van der Waals surface area (Å²) in [4.78, 5) is 0. The van der Waals surface area contributed by atoms with Crippen LogP contribution in [0.3, 0.4) is 0 Å². The van der Waals surface area contributed by atoms with Gasteiger partial charge in [0, 0.05) is 25.7 Å². The van der Waals surface area contributed by atoms with E-state index in [-0.39, 0.29) is 26.0 Å². The predicted octanol–water partition coefficient (Wildman–Crippen LogP) is 1.57. The number of alkyl halides is 1. The molecule has 0 aromatic heterocycles. The molecule has 0 spiro atoms. The Kier molecular flexibility index (Phi) is 159. The molecule has 0 amide bonds. The van der Waals surface area contributed by atoms with Gasteiger partial charge in [0.1, 0.15) is 0 Å². The molecule has 0 unspecified atom stereocenters. The van der Waals surface area contributed by atoms with E-state index in [4.69, 9.17) is 26.9 Å². The van der Waals surface area contributed by atoms with Gasteiger partial charge in [-0.2, -0.15) is 0 Å². The first-order valence-electron chi connectivity index (χ1n) is 4.15. The zero-order valence-corrected chi connectivity index (χ0v) is 10.3. The third-order valence-corrected chi connectivity index (χ3v) is 0.327. The Bertz CT molecular complexity index is 52.6. The van der Waals surface area contributed by atoms with Crippen LogP contribution in [0.4, 0.5) is 0 Å². The van der Waals surface area contributed by atoms with Crippen LogP contribution < -0.4 is 6.15 Å². The van der Waals surface area contributed by atoms with Crippen molar-refractivity contribution < 1.29 is 15.3 Å². The van der Waals surface area contributed by atoms with Crippen molar-refractivity contribution in [2.75, 3.05) is 25.7 Å². The van der Waals surface area contributed by atoms with Crippen LogP contribution in [0.15, 0.2) is 12.7 Å². The largest absolute Gasteiger partial charge is 0.397 e. The number of allylic oxidation sites excluding steroid dienone is 1. The van der Waals surface area contributed by atoms with Crippen molar-refractivity contribution in [1.29, 1.82) is 0 Å². The van der Waals surface area contributed by atoms with E-state index in [1.807, 2.05) is 0 Å². The third-order valence-electron chi connectivity index (χ3n) is 0.109. The molecule has 0 atom stereocenters. The molecule has 0 aromatic carbocycles. The summed E-state index contributed by atoms with van der Waals surface area (Å²) in [6.07, 6.45) is 1.64. The van der Waals surface area contributed by atoms with Crippen molar-refractivity contribution >= 4 is 11.6 Å². The third kappa shape index (κ3) is 1850. The molecule has 0 heterocycles. The van der Waals surface area contributed by atoms with Crippen molar-refractivity contribution in [2.45, 2.75) is 20.8 Å². The van der Waals surface area contributed by atoms with Crippen molar-refractivity contribution in [3.63, 3.8) is 0 Å². The van der Waals surface area contributed by atoms with Gasteiger partial charge in [0.15, 0.2) is 0 Å². The lowest BCUT2D eigenvalue weighted by atomic mass is 10.8. The molecule has 0 bridgehead atoms. The van der Waals surface area contributed by atoms with Crippen LogP contribution in [0, 0.1) is 0 Å². The van der Waals surface area contributed by atoms with Crippen molar-refractivity contribution in [3.05, 3.63) is 12.7 Å². The lowest BCUT2D eigenvalue weighted by Gasteiger charge is -1.55. The highest BCUT2D eigenvalue weighted by molar-refractivity contribution is 6.18. The Morgan fingerprint density at radius 1 is 1.00 bits per heavy atom. The first kappa shape index (κ1) is 29.2. The Labute approximate surface area is 92.8 Å². The fourth-order valence-electron chi connectivity index (χ4n) is 0. The Balaban J connectivity index is -0.0000000254. The Hall–Kier alpha value is -0.130. The first-order valence-corrected chi connectivity index (χ1v) is 4.69.